The first-order valence-electron chi connectivity index (χ1n) is 5.44. The Bertz CT molecular complexity index is 193. The minimum absolute atomic E-state index is 0.188. The van der Waals surface area contributed by atoms with E-state index in [0.29, 0.717) is 12.6 Å². The fourth-order valence-corrected chi connectivity index (χ4v) is 1.66. The van der Waals surface area contributed by atoms with Crippen LogP contribution in [0.3, 0.4) is 0 Å². The van der Waals surface area contributed by atoms with E-state index in [1.807, 2.05) is 0 Å². The van der Waals surface area contributed by atoms with Gasteiger partial charge in [0.1, 0.15) is 0 Å². The first-order valence-corrected chi connectivity index (χ1v) is 5.44. The van der Waals surface area contributed by atoms with Crippen molar-refractivity contribution in [2.75, 3.05) is 39.4 Å². The number of carbonyl (C=O) groups is 1. The number of carboxylic acids is 1. The number of ether oxygens (including phenoxy) is 1. The number of aliphatic carboxylic acids is 1. The molecule has 0 radical (unpaired) electrons. The lowest BCUT2D eigenvalue weighted by Gasteiger charge is -2.29. The van der Waals surface area contributed by atoms with Crippen LogP contribution in [-0.4, -0.2) is 61.4 Å². The molecule has 5 heteroatoms. The smallest absolute Gasteiger partial charge is 0.304 e. The van der Waals surface area contributed by atoms with Crippen molar-refractivity contribution in [2.45, 2.75) is 19.4 Å². The Morgan fingerprint density at radius 1 is 1.53 bits per heavy atom. The maximum atomic E-state index is 10.3. The Balaban J connectivity index is 2.06. The molecule has 0 bridgehead atoms. The van der Waals surface area contributed by atoms with Crippen molar-refractivity contribution in [3.63, 3.8) is 0 Å². The highest BCUT2D eigenvalue weighted by Gasteiger charge is 2.13. The van der Waals surface area contributed by atoms with Gasteiger partial charge in [-0.15, -0.1) is 0 Å². The predicted molar refractivity (Wildman–Crippen MR) is 57.0 cm³/mol. The summed E-state index contributed by atoms with van der Waals surface area (Å²) in [5.74, 6) is -0.749. The number of nitrogens with zero attached hydrogens (tertiary/aromatic N) is 1. The summed E-state index contributed by atoms with van der Waals surface area (Å²) in [6.07, 6.45) is 0.188. The number of nitrogens with one attached hydrogen (secondary N) is 1. The van der Waals surface area contributed by atoms with Gasteiger partial charge in [0.25, 0.3) is 0 Å². The number of rotatable bonds is 6. The molecule has 1 aliphatic heterocycles. The Morgan fingerprint density at radius 2 is 2.20 bits per heavy atom. The molecule has 1 rings (SSSR count). The van der Waals surface area contributed by atoms with Crippen molar-refractivity contribution in [2.24, 2.45) is 0 Å². The molecule has 0 aromatic heterocycles. The monoisotopic (exact) mass is 216 g/mol. The quantitative estimate of drug-likeness (QED) is 0.642. The maximum Gasteiger partial charge on any atom is 0.304 e. The molecule has 1 atom stereocenters. The molecule has 0 aromatic carbocycles. The lowest BCUT2D eigenvalue weighted by atomic mass is 10.2. The van der Waals surface area contributed by atoms with Gasteiger partial charge in [-0.25, -0.2) is 0 Å². The SMILES string of the molecule is CC(CN1CCOCC1)NCCC(=O)O. The van der Waals surface area contributed by atoms with Crippen LogP contribution in [0.4, 0.5) is 0 Å². The Hall–Kier alpha value is -0.650. The Kier molecular flexibility index (Phi) is 5.60. The summed E-state index contributed by atoms with van der Waals surface area (Å²) in [7, 11) is 0. The fraction of sp³-hybridized carbons (Fsp3) is 0.900. The Morgan fingerprint density at radius 3 is 2.80 bits per heavy atom. The van der Waals surface area contributed by atoms with Crippen LogP contribution in [0.5, 0.6) is 0 Å². The van der Waals surface area contributed by atoms with Crippen LogP contribution in [0.1, 0.15) is 13.3 Å². The van der Waals surface area contributed by atoms with Crippen LogP contribution in [0, 0.1) is 0 Å². The van der Waals surface area contributed by atoms with E-state index in [-0.39, 0.29) is 6.42 Å². The molecule has 0 aliphatic carbocycles. The van der Waals surface area contributed by atoms with E-state index >= 15 is 0 Å². The van der Waals surface area contributed by atoms with E-state index in [0.717, 1.165) is 32.8 Å². The van der Waals surface area contributed by atoms with Crippen molar-refractivity contribution in [3.05, 3.63) is 0 Å². The average Bonchev–Trinajstić information content (AvgIpc) is 2.18. The highest BCUT2D eigenvalue weighted by molar-refractivity contribution is 5.66. The summed E-state index contributed by atoms with van der Waals surface area (Å²) < 4.78 is 5.25. The van der Waals surface area contributed by atoms with Gasteiger partial charge < -0.3 is 15.2 Å². The minimum Gasteiger partial charge on any atom is -0.481 e. The van der Waals surface area contributed by atoms with Gasteiger partial charge in [-0.1, -0.05) is 0 Å². The van der Waals surface area contributed by atoms with Crippen molar-refractivity contribution in [1.29, 1.82) is 0 Å². The van der Waals surface area contributed by atoms with Gasteiger partial charge in [-0.2, -0.15) is 0 Å². The molecule has 5 nitrogen and oxygen atoms in total. The van der Waals surface area contributed by atoms with Gasteiger partial charge in [0.2, 0.25) is 0 Å². The first kappa shape index (κ1) is 12.4. The van der Waals surface area contributed by atoms with E-state index in [4.69, 9.17) is 9.84 Å². The summed E-state index contributed by atoms with van der Waals surface area (Å²) in [4.78, 5) is 12.6. The molecule has 1 fully saturated rings. The summed E-state index contributed by atoms with van der Waals surface area (Å²) in [5, 5.41) is 11.7. The molecule has 0 amide bonds. The van der Waals surface area contributed by atoms with Gasteiger partial charge in [0, 0.05) is 32.2 Å². The van der Waals surface area contributed by atoms with Crippen molar-refractivity contribution in [1.82, 2.24) is 10.2 Å². The standard InChI is InChI=1S/C10H20N2O3/c1-9(11-3-2-10(13)14)8-12-4-6-15-7-5-12/h9,11H,2-8H2,1H3,(H,13,14). The molecule has 15 heavy (non-hydrogen) atoms. The highest BCUT2D eigenvalue weighted by Crippen LogP contribution is 1.98. The van der Waals surface area contributed by atoms with Crippen LogP contribution in [0.25, 0.3) is 0 Å². The molecule has 1 saturated heterocycles. The van der Waals surface area contributed by atoms with Gasteiger partial charge in [0.05, 0.1) is 19.6 Å². The molecule has 1 unspecified atom stereocenters. The van der Waals surface area contributed by atoms with Gasteiger partial charge in [-0.3, -0.25) is 9.69 Å². The van der Waals surface area contributed by atoms with Crippen molar-refractivity contribution in [3.8, 4) is 0 Å². The summed E-state index contributed by atoms with van der Waals surface area (Å²) in [6.45, 7) is 7.15. The number of carboxylic acid groups (broad SMARTS) is 1. The first-order chi connectivity index (χ1) is 7.18. The molecule has 1 aliphatic rings. The van der Waals surface area contributed by atoms with Gasteiger partial charge >= 0.3 is 5.97 Å². The van der Waals surface area contributed by atoms with Gasteiger partial charge in [-0.05, 0) is 6.92 Å². The Labute approximate surface area is 90.4 Å². The number of hydrogen-bond acceptors (Lipinski definition) is 4. The van der Waals surface area contributed by atoms with E-state index in [9.17, 15) is 4.79 Å². The second kappa shape index (κ2) is 6.76. The van der Waals surface area contributed by atoms with E-state index < -0.39 is 5.97 Å². The lowest BCUT2D eigenvalue weighted by molar-refractivity contribution is -0.136. The van der Waals surface area contributed by atoms with Crippen LogP contribution in [-0.2, 0) is 9.53 Å². The van der Waals surface area contributed by atoms with E-state index in [1.54, 1.807) is 0 Å². The topological polar surface area (TPSA) is 61.8 Å². The largest absolute Gasteiger partial charge is 0.481 e. The number of morpholine rings is 1. The molecule has 0 spiro atoms. The summed E-state index contributed by atoms with van der Waals surface area (Å²) >= 11 is 0. The minimum atomic E-state index is -0.749. The van der Waals surface area contributed by atoms with Crippen molar-refractivity contribution < 1.29 is 14.6 Å². The van der Waals surface area contributed by atoms with E-state index in [2.05, 4.69) is 17.1 Å². The zero-order valence-electron chi connectivity index (χ0n) is 9.24. The van der Waals surface area contributed by atoms with Crippen molar-refractivity contribution >= 4 is 5.97 Å². The lowest BCUT2D eigenvalue weighted by Crippen LogP contribution is -2.44. The van der Waals surface area contributed by atoms with Crippen LogP contribution < -0.4 is 5.32 Å². The summed E-state index contributed by atoms with van der Waals surface area (Å²) in [6, 6.07) is 0.336. The second-order valence-electron chi connectivity index (χ2n) is 3.91. The predicted octanol–water partition coefficient (Wildman–Crippen LogP) is -0.229. The number of hydrogen-bond donors (Lipinski definition) is 2. The summed E-state index contributed by atoms with van der Waals surface area (Å²) in [5.41, 5.74) is 0. The zero-order valence-corrected chi connectivity index (χ0v) is 9.24. The third-order valence-corrected chi connectivity index (χ3v) is 2.47. The fourth-order valence-electron chi connectivity index (χ4n) is 1.66. The molecular formula is C10H20N2O3. The molecule has 88 valence electrons. The molecule has 0 aromatic rings. The highest BCUT2D eigenvalue weighted by atomic mass is 16.5. The normalized spacial score (nSPS) is 20.1. The van der Waals surface area contributed by atoms with E-state index in [1.165, 1.54) is 0 Å². The second-order valence-corrected chi connectivity index (χ2v) is 3.91. The average molecular weight is 216 g/mol. The van der Waals surface area contributed by atoms with Crippen LogP contribution in [0.15, 0.2) is 0 Å². The maximum absolute atomic E-state index is 10.3. The van der Waals surface area contributed by atoms with Gasteiger partial charge in [0.15, 0.2) is 0 Å². The molecule has 0 saturated carbocycles. The molecular weight excluding hydrogens is 196 g/mol. The third kappa shape index (κ3) is 5.71. The molecule has 2 N–H and O–H groups in total. The zero-order chi connectivity index (χ0) is 11.1. The third-order valence-electron chi connectivity index (χ3n) is 2.47. The van der Waals surface area contributed by atoms with Crippen LogP contribution >= 0.6 is 0 Å². The molecule has 1 heterocycles. The van der Waals surface area contributed by atoms with Crippen LogP contribution in [0.2, 0.25) is 0 Å².